The van der Waals surface area contributed by atoms with Crippen LogP contribution in [0.2, 0.25) is 0 Å². The van der Waals surface area contributed by atoms with Crippen molar-refractivity contribution in [3.8, 4) is 0 Å². The minimum atomic E-state index is -0.929. The van der Waals surface area contributed by atoms with Gasteiger partial charge < -0.3 is 14.8 Å². The Labute approximate surface area is 119 Å². The fraction of sp³-hybridized carbons (Fsp3) is 0.467. The van der Waals surface area contributed by atoms with Crippen LogP contribution in [0.5, 0.6) is 0 Å². The van der Waals surface area contributed by atoms with Gasteiger partial charge in [-0.3, -0.25) is 4.79 Å². The molecule has 5 nitrogen and oxygen atoms in total. The fourth-order valence-electron chi connectivity index (χ4n) is 1.63. The molecule has 1 amide bonds. The molecule has 1 unspecified atom stereocenters. The standard InChI is InChI=1S/C15H21NO4/c1-5-15(3,19-4)14(18)16-12-10-8-7-9-11(12)13(17)20-6-2/h7-10H,5-6H2,1-4H3,(H,16,18). The van der Waals surface area contributed by atoms with Gasteiger partial charge in [0.2, 0.25) is 0 Å². The van der Waals surface area contributed by atoms with Crippen molar-refractivity contribution >= 4 is 17.6 Å². The van der Waals surface area contributed by atoms with Crippen molar-refractivity contribution in [2.24, 2.45) is 0 Å². The number of anilines is 1. The van der Waals surface area contributed by atoms with E-state index in [2.05, 4.69) is 5.32 Å². The molecule has 5 heteroatoms. The number of hydrogen-bond acceptors (Lipinski definition) is 4. The van der Waals surface area contributed by atoms with Gasteiger partial charge in [0.25, 0.3) is 5.91 Å². The lowest BCUT2D eigenvalue weighted by atomic mass is 10.0. The van der Waals surface area contributed by atoms with Crippen molar-refractivity contribution in [1.29, 1.82) is 0 Å². The summed E-state index contributed by atoms with van der Waals surface area (Å²) in [7, 11) is 1.49. The van der Waals surface area contributed by atoms with E-state index >= 15 is 0 Å². The van der Waals surface area contributed by atoms with Crippen LogP contribution in [-0.4, -0.2) is 31.2 Å². The minimum absolute atomic E-state index is 0.284. The Bertz CT molecular complexity index is 481. The summed E-state index contributed by atoms with van der Waals surface area (Å²) < 4.78 is 10.2. The molecule has 0 radical (unpaired) electrons. The largest absolute Gasteiger partial charge is 0.462 e. The number of benzene rings is 1. The predicted octanol–water partition coefficient (Wildman–Crippen LogP) is 2.62. The second kappa shape index (κ2) is 7.05. The molecule has 20 heavy (non-hydrogen) atoms. The van der Waals surface area contributed by atoms with Gasteiger partial charge >= 0.3 is 5.97 Å². The molecule has 0 bridgehead atoms. The van der Waals surface area contributed by atoms with Crippen LogP contribution in [0.4, 0.5) is 5.69 Å². The van der Waals surface area contributed by atoms with Crippen LogP contribution in [0, 0.1) is 0 Å². The van der Waals surface area contributed by atoms with Gasteiger partial charge in [-0.15, -0.1) is 0 Å². The first-order chi connectivity index (χ1) is 9.48. The molecular weight excluding hydrogens is 258 g/mol. The summed E-state index contributed by atoms with van der Waals surface area (Å²) in [6.07, 6.45) is 0.525. The summed E-state index contributed by atoms with van der Waals surface area (Å²) in [6.45, 7) is 5.58. The number of carbonyl (C=O) groups is 2. The zero-order valence-corrected chi connectivity index (χ0v) is 12.4. The zero-order valence-electron chi connectivity index (χ0n) is 12.4. The Kier molecular flexibility index (Phi) is 5.70. The predicted molar refractivity (Wildman–Crippen MR) is 76.7 cm³/mol. The van der Waals surface area contributed by atoms with Crippen LogP contribution >= 0.6 is 0 Å². The van der Waals surface area contributed by atoms with Gasteiger partial charge in [0.05, 0.1) is 17.9 Å². The average Bonchev–Trinajstić information content (AvgIpc) is 2.47. The first-order valence-electron chi connectivity index (χ1n) is 6.61. The number of esters is 1. The summed E-state index contributed by atoms with van der Waals surface area (Å²) in [5.41, 5.74) is -0.174. The SMILES string of the molecule is CCOC(=O)c1ccccc1NC(=O)C(C)(CC)OC. The lowest BCUT2D eigenvalue weighted by molar-refractivity contribution is -0.136. The van der Waals surface area contributed by atoms with Crippen molar-refractivity contribution in [2.45, 2.75) is 32.8 Å². The highest BCUT2D eigenvalue weighted by Crippen LogP contribution is 2.21. The maximum atomic E-state index is 12.2. The van der Waals surface area contributed by atoms with Crippen LogP contribution in [-0.2, 0) is 14.3 Å². The van der Waals surface area contributed by atoms with E-state index in [0.717, 1.165) is 0 Å². The molecule has 0 aliphatic heterocycles. The molecular formula is C15H21NO4. The molecule has 1 aromatic carbocycles. The Morgan fingerprint density at radius 2 is 1.90 bits per heavy atom. The maximum Gasteiger partial charge on any atom is 0.340 e. The number of para-hydroxylation sites is 1. The number of carbonyl (C=O) groups excluding carboxylic acids is 2. The van der Waals surface area contributed by atoms with Gasteiger partial charge in [0.15, 0.2) is 0 Å². The third-order valence-electron chi connectivity index (χ3n) is 3.28. The zero-order chi connectivity index (χ0) is 15.2. The quantitative estimate of drug-likeness (QED) is 0.813. The first-order valence-corrected chi connectivity index (χ1v) is 6.61. The summed E-state index contributed by atoms with van der Waals surface area (Å²) >= 11 is 0. The monoisotopic (exact) mass is 279 g/mol. The number of rotatable bonds is 6. The molecule has 0 saturated heterocycles. The topological polar surface area (TPSA) is 64.6 Å². The molecule has 0 aromatic heterocycles. The van der Waals surface area contributed by atoms with Crippen LogP contribution < -0.4 is 5.32 Å². The van der Waals surface area contributed by atoms with E-state index in [1.807, 2.05) is 6.92 Å². The second-order valence-corrected chi connectivity index (χ2v) is 4.51. The van der Waals surface area contributed by atoms with Crippen LogP contribution in [0.3, 0.4) is 0 Å². The first kappa shape index (κ1) is 16.2. The van der Waals surface area contributed by atoms with Crippen molar-refractivity contribution in [2.75, 3.05) is 19.0 Å². The Morgan fingerprint density at radius 1 is 1.25 bits per heavy atom. The second-order valence-electron chi connectivity index (χ2n) is 4.51. The van der Waals surface area contributed by atoms with E-state index < -0.39 is 11.6 Å². The highest BCUT2D eigenvalue weighted by Gasteiger charge is 2.31. The van der Waals surface area contributed by atoms with Crippen LogP contribution in [0.25, 0.3) is 0 Å². The summed E-state index contributed by atoms with van der Waals surface area (Å²) in [5.74, 6) is -0.752. The number of ether oxygens (including phenoxy) is 2. The number of hydrogen-bond donors (Lipinski definition) is 1. The third-order valence-corrected chi connectivity index (χ3v) is 3.28. The number of nitrogens with one attached hydrogen (secondary N) is 1. The van der Waals surface area contributed by atoms with Crippen LogP contribution in [0.15, 0.2) is 24.3 Å². The van der Waals surface area contributed by atoms with Crippen molar-refractivity contribution < 1.29 is 19.1 Å². The van der Waals surface area contributed by atoms with Crippen LogP contribution in [0.1, 0.15) is 37.6 Å². The summed E-state index contributed by atoms with van der Waals surface area (Å²) in [4.78, 5) is 24.1. The van der Waals surface area contributed by atoms with Gasteiger partial charge in [-0.05, 0) is 32.4 Å². The third kappa shape index (κ3) is 3.57. The molecule has 1 atom stereocenters. The highest BCUT2D eigenvalue weighted by molar-refractivity contribution is 6.03. The molecule has 0 aliphatic rings. The minimum Gasteiger partial charge on any atom is -0.462 e. The van der Waals surface area contributed by atoms with Crippen molar-refractivity contribution in [3.05, 3.63) is 29.8 Å². The number of amides is 1. The molecule has 1 N–H and O–H groups in total. The molecule has 0 saturated carbocycles. The van der Waals surface area contributed by atoms with E-state index in [0.29, 0.717) is 17.7 Å². The van der Waals surface area contributed by atoms with Gasteiger partial charge in [-0.1, -0.05) is 19.1 Å². The molecule has 0 heterocycles. The Morgan fingerprint density at radius 3 is 2.45 bits per heavy atom. The highest BCUT2D eigenvalue weighted by atomic mass is 16.5. The lowest BCUT2D eigenvalue weighted by Gasteiger charge is -2.25. The van der Waals surface area contributed by atoms with E-state index in [-0.39, 0.29) is 12.5 Å². The fourth-order valence-corrected chi connectivity index (χ4v) is 1.63. The number of methoxy groups -OCH3 is 1. The smallest absolute Gasteiger partial charge is 0.340 e. The molecule has 0 spiro atoms. The molecule has 1 aromatic rings. The maximum absolute atomic E-state index is 12.2. The average molecular weight is 279 g/mol. The van der Waals surface area contributed by atoms with Crippen molar-refractivity contribution in [1.82, 2.24) is 0 Å². The molecule has 0 aliphatic carbocycles. The molecule has 1 rings (SSSR count). The van der Waals surface area contributed by atoms with Gasteiger partial charge in [-0.25, -0.2) is 4.79 Å². The van der Waals surface area contributed by atoms with Gasteiger partial charge in [0, 0.05) is 7.11 Å². The van der Waals surface area contributed by atoms with E-state index in [9.17, 15) is 9.59 Å². The van der Waals surface area contributed by atoms with E-state index in [1.165, 1.54) is 7.11 Å². The normalized spacial score (nSPS) is 13.4. The van der Waals surface area contributed by atoms with Gasteiger partial charge in [0.1, 0.15) is 5.60 Å². The lowest BCUT2D eigenvalue weighted by Crippen LogP contribution is -2.41. The Hall–Kier alpha value is -1.88. The summed E-state index contributed by atoms with van der Waals surface area (Å²) in [6, 6.07) is 6.74. The summed E-state index contributed by atoms with van der Waals surface area (Å²) in [5, 5.41) is 2.73. The molecule has 0 fully saturated rings. The van der Waals surface area contributed by atoms with Crippen molar-refractivity contribution in [3.63, 3.8) is 0 Å². The van der Waals surface area contributed by atoms with E-state index in [4.69, 9.17) is 9.47 Å². The Balaban J connectivity index is 2.98. The van der Waals surface area contributed by atoms with E-state index in [1.54, 1.807) is 38.1 Å². The molecule has 110 valence electrons. The van der Waals surface area contributed by atoms with Gasteiger partial charge in [-0.2, -0.15) is 0 Å².